The highest BCUT2D eigenvalue weighted by Gasteiger charge is 2.17. The molecule has 0 saturated heterocycles. The molecule has 0 saturated carbocycles. The van der Waals surface area contributed by atoms with E-state index < -0.39 is 6.04 Å². The molecule has 100 valence electrons. The maximum atomic E-state index is 11.9. The van der Waals surface area contributed by atoms with Crippen LogP contribution in [0, 0.1) is 0 Å². The van der Waals surface area contributed by atoms with Crippen LogP contribution < -0.4 is 11.1 Å². The first-order chi connectivity index (χ1) is 8.67. The lowest BCUT2D eigenvalue weighted by Crippen LogP contribution is -2.46. The predicted octanol–water partition coefficient (Wildman–Crippen LogP) is 0.834. The van der Waals surface area contributed by atoms with Crippen molar-refractivity contribution >= 4 is 5.91 Å². The van der Waals surface area contributed by atoms with Gasteiger partial charge in [0.1, 0.15) is 0 Å². The summed E-state index contributed by atoms with van der Waals surface area (Å²) in [7, 11) is 0. The SMILES string of the molecule is CCC(CCO)NC(=O)C(N)Cc1ccccc1. The summed E-state index contributed by atoms with van der Waals surface area (Å²) < 4.78 is 0. The molecule has 0 heterocycles. The summed E-state index contributed by atoms with van der Waals surface area (Å²) in [5.74, 6) is -0.154. The quantitative estimate of drug-likeness (QED) is 0.671. The molecule has 1 aromatic rings. The van der Waals surface area contributed by atoms with E-state index in [1.165, 1.54) is 0 Å². The van der Waals surface area contributed by atoms with Gasteiger partial charge in [-0.1, -0.05) is 37.3 Å². The van der Waals surface area contributed by atoms with Gasteiger partial charge in [-0.2, -0.15) is 0 Å². The van der Waals surface area contributed by atoms with Crippen molar-refractivity contribution in [2.75, 3.05) is 6.61 Å². The van der Waals surface area contributed by atoms with E-state index in [0.717, 1.165) is 12.0 Å². The summed E-state index contributed by atoms with van der Waals surface area (Å²) in [6.07, 6.45) is 1.90. The summed E-state index contributed by atoms with van der Waals surface area (Å²) >= 11 is 0. The number of aliphatic hydroxyl groups is 1. The average Bonchev–Trinajstić information content (AvgIpc) is 2.39. The minimum atomic E-state index is -0.542. The van der Waals surface area contributed by atoms with Crippen molar-refractivity contribution < 1.29 is 9.90 Å². The first-order valence-corrected chi connectivity index (χ1v) is 6.38. The fraction of sp³-hybridized carbons (Fsp3) is 0.500. The van der Waals surface area contributed by atoms with Gasteiger partial charge in [-0.15, -0.1) is 0 Å². The summed E-state index contributed by atoms with van der Waals surface area (Å²) in [4.78, 5) is 11.9. The van der Waals surface area contributed by atoms with Gasteiger partial charge in [0.15, 0.2) is 0 Å². The Balaban J connectivity index is 2.46. The second-order valence-corrected chi connectivity index (χ2v) is 4.42. The van der Waals surface area contributed by atoms with Crippen molar-refractivity contribution in [3.05, 3.63) is 35.9 Å². The van der Waals surface area contributed by atoms with Crippen LogP contribution >= 0.6 is 0 Å². The number of rotatable bonds is 7. The van der Waals surface area contributed by atoms with E-state index in [2.05, 4.69) is 5.32 Å². The molecule has 2 unspecified atom stereocenters. The number of carbonyl (C=O) groups excluding carboxylic acids is 1. The molecule has 0 bridgehead atoms. The van der Waals surface area contributed by atoms with Crippen molar-refractivity contribution in [2.24, 2.45) is 5.73 Å². The van der Waals surface area contributed by atoms with Gasteiger partial charge in [-0.25, -0.2) is 0 Å². The Labute approximate surface area is 108 Å². The number of hydrogen-bond donors (Lipinski definition) is 3. The van der Waals surface area contributed by atoms with E-state index in [1.54, 1.807) is 0 Å². The second kappa shape index (κ2) is 7.84. The maximum absolute atomic E-state index is 11.9. The number of nitrogens with one attached hydrogen (secondary N) is 1. The van der Waals surface area contributed by atoms with Crippen LogP contribution in [0.5, 0.6) is 0 Å². The van der Waals surface area contributed by atoms with E-state index in [4.69, 9.17) is 10.8 Å². The largest absolute Gasteiger partial charge is 0.396 e. The smallest absolute Gasteiger partial charge is 0.237 e. The molecule has 1 amide bonds. The van der Waals surface area contributed by atoms with E-state index in [-0.39, 0.29) is 18.6 Å². The number of benzene rings is 1. The molecular formula is C14H22N2O2. The molecule has 4 nitrogen and oxygen atoms in total. The van der Waals surface area contributed by atoms with Crippen LogP contribution in [0.1, 0.15) is 25.3 Å². The van der Waals surface area contributed by atoms with Crippen LogP contribution in [0.25, 0.3) is 0 Å². The summed E-state index contributed by atoms with van der Waals surface area (Å²) in [5, 5.41) is 11.7. The van der Waals surface area contributed by atoms with Crippen molar-refractivity contribution in [2.45, 2.75) is 38.3 Å². The Kier molecular flexibility index (Phi) is 6.39. The monoisotopic (exact) mass is 250 g/mol. The van der Waals surface area contributed by atoms with Gasteiger partial charge < -0.3 is 16.2 Å². The minimum absolute atomic E-state index is 0.00400. The number of aliphatic hydroxyl groups excluding tert-OH is 1. The molecule has 2 atom stereocenters. The molecule has 18 heavy (non-hydrogen) atoms. The van der Waals surface area contributed by atoms with Crippen LogP contribution in [-0.2, 0) is 11.2 Å². The zero-order valence-corrected chi connectivity index (χ0v) is 10.8. The van der Waals surface area contributed by atoms with Crippen LogP contribution in [0.2, 0.25) is 0 Å². The summed E-state index contributed by atoms with van der Waals surface area (Å²) in [6.45, 7) is 2.05. The molecule has 0 aliphatic rings. The fourth-order valence-corrected chi connectivity index (χ4v) is 1.80. The molecule has 0 aliphatic carbocycles. The van der Waals surface area contributed by atoms with Gasteiger partial charge in [-0.05, 0) is 24.8 Å². The van der Waals surface area contributed by atoms with Gasteiger partial charge in [0.05, 0.1) is 6.04 Å². The molecule has 0 fully saturated rings. The lowest BCUT2D eigenvalue weighted by Gasteiger charge is -2.19. The van der Waals surface area contributed by atoms with E-state index >= 15 is 0 Å². The molecule has 1 rings (SSSR count). The van der Waals surface area contributed by atoms with E-state index in [9.17, 15) is 4.79 Å². The zero-order valence-electron chi connectivity index (χ0n) is 10.8. The van der Waals surface area contributed by atoms with E-state index in [1.807, 2.05) is 37.3 Å². The standard InChI is InChI=1S/C14H22N2O2/c1-2-12(8-9-17)16-14(18)13(15)10-11-6-4-3-5-7-11/h3-7,12-13,17H,2,8-10,15H2,1H3,(H,16,18). The molecule has 4 heteroatoms. The van der Waals surface area contributed by atoms with Crippen molar-refractivity contribution in [3.63, 3.8) is 0 Å². The predicted molar refractivity (Wildman–Crippen MR) is 72.0 cm³/mol. The molecule has 0 spiro atoms. The highest BCUT2D eigenvalue weighted by atomic mass is 16.3. The molecular weight excluding hydrogens is 228 g/mol. The van der Waals surface area contributed by atoms with Gasteiger partial charge in [-0.3, -0.25) is 4.79 Å². The fourth-order valence-electron chi connectivity index (χ4n) is 1.80. The molecule has 1 aromatic carbocycles. The normalized spacial score (nSPS) is 13.9. The first kappa shape index (κ1) is 14.7. The lowest BCUT2D eigenvalue weighted by molar-refractivity contribution is -0.123. The zero-order chi connectivity index (χ0) is 13.4. The lowest BCUT2D eigenvalue weighted by atomic mass is 10.1. The van der Waals surface area contributed by atoms with Gasteiger partial charge >= 0.3 is 0 Å². The average molecular weight is 250 g/mol. The Bertz CT molecular complexity index is 354. The molecule has 0 aliphatic heterocycles. The number of carbonyl (C=O) groups is 1. The Hall–Kier alpha value is -1.39. The van der Waals surface area contributed by atoms with Crippen LogP contribution in [-0.4, -0.2) is 29.7 Å². The van der Waals surface area contributed by atoms with Crippen molar-refractivity contribution in [3.8, 4) is 0 Å². The van der Waals surface area contributed by atoms with Crippen molar-refractivity contribution in [1.29, 1.82) is 0 Å². The Morgan fingerprint density at radius 1 is 1.39 bits per heavy atom. The molecule has 0 radical (unpaired) electrons. The van der Waals surface area contributed by atoms with E-state index in [0.29, 0.717) is 12.8 Å². The van der Waals surface area contributed by atoms with Gasteiger partial charge in [0.25, 0.3) is 0 Å². The van der Waals surface area contributed by atoms with Crippen LogP contribution in [0.4, 0.5) is 0 Å². The third-order valence-corrected chi connectivity index (χ3v) is 2.95. The summed E-state index contributed by atoms with van der Waals surface area (Å²) in [6, 6.07) is 9.17. The number of nitrogens with two attached hydrogens (primary N) is 1. The van der Waals surface area contributed by atoms with Crippen LogP contribution in [0.15, 0.2) is 30.3 Å². The van der Waals surface area contributed by atoms with Gasteiger partial charge in [0, 0.05) is 12.6 Å². The maximum Gasteiger partial charge on any atom is 0.237 e. The molecule has 4 N–H and O–H groups in total. The Morgan fingerprint density at radius 2 is 2.06 bits per heavy atom. The number of amides is 1. The number of hydrogen-bond acceptors (Lipinski definition) is 3. The highest BCUT2D eigenvalue weighted by molar-refractivity contribution is 5.82. The first-order valence-electron chi connectivity index (χ1n) is 6.38. The highest BCUT2D eigenvalue weighted by Crippen LogP contribution is 2.03. The summed E-state index contributed by atoms with van der Waals surface area (Å²) in [5.41, 5.74) is 6.93. The Morgan fingerprint density at radius 3 is 2.61 bits per heavy atom. The minimum Gasteiger partial charge on any atom is -0.396 e. The van der Waals surface area contributed by atoms with Crippen LogP contribution in [0.3, 0.4) is 0 Å². The molecule has 0 aromatic heterocycles. The topological polar surface area (TPSA) is 75.3 Å². The third-order valence-electron chi connectivity index (χ3n) is 2.95. The van der Waals surface area contributed by atoms with Gasteiger partial charge in [0.2, 0.25) is 5.91 Å². The van der Waals surface area contributed by atoms with Crippen molar-refractivity contribution in [1.82, 2.24) is 5.32 Å². The second-order valence-electron chi connectivity index (χ2n) is 4.42. The third kappa shape index (κ3) is 4.85.